The Balaban J connectivity index is 2.14. The van der Waals surface area contributed by atoms with Crippen LogP contribution in [0.4, 0.5) is 11.7 Å². The molecule has 0 unspecified atom stereocenters. The standard InChI is InChI=1S/C10H11N5O2/c1-6-13-10(17-15-6)14-9(16)8-5-7(11-2)3-4-12-8/h3-5H,1-2H3,(H,11,12)(H,13,14,15,16). The van der Waals surface area contributed by atoms with E-state index < -0.39 is 5.91 Å². The maximum Gasteiger partial charge on any atom is 0.328 e. The van der Waals surface area contributed by atoms with E-state index in [1.807, 2.05) is 0 Å². The van der Waals surface area contributed by atoms with Crippen LogP contribution in [0.5, 0.6) is 0 Å². The molecule has 0 spiro atoms. The SMILES string of the molecule is CNc1ccnc(C(=O)Nc2nc(C)no2)c1. The molecule has 2 aromatic heterocycles. The first-order chi connectivity index (χ1) is 8.19. The van der Waals surface area contributed by atoms with Gasteiger partial charge in [-0.15, -0.1) is 0 Å². The van der Waals surface area contributed by atoms with Crippen molar-refractivity contribution < 1.29 is 9.32 Å². The maximum absolute atomic E-state index is 11.8. The van der Waals surface area contributed by atoms with Crippen LogP contribution in [0.15, 0.2) is 22.9 Å². The molecule has 0 radical (unpaired) electrons. The molecule has 88 valence electrons. The Bertz CT molecular complexity index is 537. The van der Waals surface area contributed by atoms with Crippen LogP contribution < -0.4 is 10.6 Å². The summed E-state index contributed by atoms with van der Waals surface area (Å²) >= 11 is 0. The number of rotatable bonds is 3. The van der Waals surface area contributed by atoms with Crippen molar-refractivity contribution in [1.29, 1.82) is 0 Å². The van der Waals surface area contributed by atoms with Crippen LogP contribution in [0.3, 0.4) is 0 Å². The summed E-state index contributed by atoms with van der Waals surface area (Å²) in [6.45, 7) is 1.67. The maximum atomic E-state index is 11.8. The van der Waals surface area contributed by atoms with Gasteiger partial charge in [-0.05, 0) is 19.1 Å². The van der Waals surface area contributed by atoms with Gasteiger partial charge in [0.15, 0.2) is 5.82 Å². The number of hydrogen-bond donors (Lipinski definition) is 2. The molecule has 17 heavy (non-hydrogen) atoms. The molecule has 0 aliphatic rings. The number of aromatic nitrogens is 3. The van der Waals surface area contributed by atoms with Crippen molar-refractivity contribution in [2.45, 2.75) is 6.92 Å². The lowest BCUT2D eigenvalue weighted by Crippen LogP contribution is -2.14. The molecule has 2 N–H and O–H groups in total. The van der Waals surface area contributed by atoms with Gasteiger partial charge in [0.05, 0.1) is 0 Å². The van der Waals surface area contributed by atoms with Gasteiger partial charge in [-0.3, -0.25) is 15.1 Å². The number of carbonyl (C=O) groups excluding carboxylic acids is 1. The first-order valence-electron chi connectivity index (χ1n) is 4.94. The van der Waals surface area contributed by atoms with Crippen LogP contribution in [0.25, 0.3) is 0 Å². The molecule has 0 aromatic carbocycles. The van der Waals surface area contributed by atoms with Crippen molar-refractivity contribution in [1.82, 2.24) is 15.1 Å². The van der Waals surface area contributed by atoms with Crippen molar-refractivity contribution in [2.75, 3.05) is 17.7 Å². The van der Waals surface area contributed by atoms with Gasteiger partial charge in [-0.25, -0.2) is 0 Å². The van der Waals surface area contributed by atoms with Gasteiger partial charge in [0.2, 0.25) is 0 Å². The predicted octanol–water partition coefficient (Wildman–Crippen LogP) is 1.07. The number of pyridine rings is 1. The second-order valence-electron chi connectivity index (χ2n) is 3.28. The molecule has 2 aromatic rings. The second kappa shape index (κ2) is 4.60. The zero-order chi connectivity index (χ0) is 12.3. The highest BCUT2D eigenvalue weighted by atomic mass is 16.5. The average molecular weight is 233 g/mol. The van der Waals surface area contributed by atoms with Crippen LogP contribution in [0, 0.1) is 6.92 Å². The Morgan fingerprint density at radius 1 is 1.47 bits per heavy atom. The summed E-state index contributed by atoms with van der Waals surface area (Å²) in [7, 11) is 1.76. The van der Waals surface area contributed by atoms with Crippen LogP contribution in [-0.2, 0) is 0 Å². The third-order valence-corrected chi connectivity index (χ3v) is 2.03. The minimum atomic E-state index is -0.397. The first kappa shape index (κ1) is 11.1. The van der Waals surface area contributed by atoms with E-state index in [0.29, 0.717) is 5.82 Å². The lowest BCUT2D eigenvalue weighted by molar-refractivity contribution is 0.101. The Labute approximate surface area is 97.2 Å². The largest absolute Gasteiger partial charge is 0.388 e. The second-order valence-corrected chi connectivity index (χ2v) is 3.28. The van der Waals surface area contributed by atoms with Gasteiger partial charge in [0.1, 0.15) is 5.69 Å². The van der Waals surface area contributed by atoms with E-state index >= 15 is 0 Å². The number of aryl methyl sites for hydroxylation is 1. The molecule has 2 heterocycles. The van der Waals surface area contributed by atoms with E-state index in [2.05, 4.69) is 25.8 Å². The van der Waals surface area contributed by atoms with Crippen molar-refractivity contribution in [3.05, 3.63) is 29.8 Å². The van der Waals surface area contributed by atoms with E-state index in [9.17, 15) is 4.79 Å². The molecule has 7 nitrogen and oxygen atoms in total. The summed E-state index contributed by atoms with van der Waals surface area (Å²) in [5, 5.41) is 8.94. The first-order valence-corrected chi connectivity index (χ1v) is 4.94. The van der Waals surface area contributed by atoms with Gasteiger partial charge in [-0.1, -0.05) is 5.16 Å². The molecule has 7 heteroatoms. The van der Waals surface area contributed by atoms with Crippen molar-refractivity contribution in [3.63, 3.8) is 0 Å². The lowest BCUT2D eigenvalue weighted by atomic mass is 10.3. The van der Waals surface area contributed by atoms with E-state index in [0.717, 1.165) is 5.69 Å². The molecule has 1 amide bonds. The van der Waals surface area contributed by atoms with Crippen molar-refractivity contribution >= 4 is 17.6 Å². The summed E-state index contributed by atoms with van der Waals surface area (Å²) in [5.41, 5.74) is 1.07. The molecule has 0 aliphatic heterocycles. The fraction of sp³-hybridized carbons (Fsp3) is 0.200. The number of nitrogens with one attached hydrogen (secondary N) is 2. The summed E-state index contributed by atoms with van der Waals surface area (Å²) in [5.74, 6) is 0.0583. The highest BCUT2D eigenvalue weighted by molar-refractivity contribution is 6.02. The van der Waals surface area contributed by atoms with Crippen molar-refractivity contribution in [2.24, 2.45) is 0 Å². The third-order valence-electron chi connectivity index (χ3n) is 2.03. The Morgan fingerprint density at radius 2 is 2.29 bits per heavy atom. The normalized spacial score (nSPS) is 10.0. The molecule has 0 atom stereocenters. The minimum Gasteiger partial charge on any atom is -0.388 e. The Hall–Kier alpha value is -2.44. The predicted molar refractivity (Wildman–Crippen MR) is 60.8 cm³/mol. The molecular weight excluding hydrogens is 222 g/mol. The fourth-order valence-electron chi connectivity index (χ4n) is 1.22. The number of nitrogens with zero attached hydrogens (tertiary/aromatic N) is 3. The monoisotopic (exact) mass is 233 g/mol. The van der Waals surface area contributed by atoms with E-state index in [4.69, 9.17) is 4.52 Å². The highest BCUT2D eigenvalue weighted by Gasteiger charge is 2.11. The topological polar surface area (TPSA) is 92.9 Å². The van der Waals surface area contributed by atoms with Crippen molar-refractivity contribution in [3.8, 4) is 0 Å². The molecule has 0 fully saturated rings. The molecule has 2 rings (SSSR count). The molecule has 0 aliphatic carbocycles. The quantitative estimate of drug-likeness (QED) is 0.823. The number of carbonyl (C=O) groups is 1. The Morgan fingerprint density at radius 3 is 2.94 bits per heavy atom. The number of hydrogen-bond acceptors (Lipinski definition) is 6. The minimum absolute atomic E-state index is 0.0594. The van der Waals surface area contributed by atoms with Gasteiger partial charge < -0.3 is 9.84 Å². The van der Waals surface area contributed by atoms with Gasteiger partial charge in [0.25, 0.3) is 5.91 Å². The Kier molecular flexibility index (Phi) is 2.99. The molecular formula is C10H11N5O2. The van der Waals surface area contributed by atoms with Crippen LogP contribution in [-0.4, -0.2) is 28.1 Å². The molecule has 0 bridgehead atoms. The summed E-state index contributed by atoms with van der Waals surface area (Å²) in [6, 6.07) is 3.44. The smallest absolute Gasteiger partial charge is 0.328 e. The zero-order valence-electron chi connectivity index (χ0n) is 9.39. The molecule has 0 saturated carbocycles. The average Bonchev–Trinajstić information content (AvgIpc) is 2.75. The summed E-state index contributed by atoms with van der Waals surface area (Å²) < 4.78 is 4.78. The number of anilines is 2. The van der Waals surface area contributed by atoms with E-state index in [1.165, 1.54) is 0 Å². The molecule has 0 saturated heterocycles. The zero-order valence-corrected chi connectivity index (χ0v) is 9.39. The third kappa shape index (κ3) is 2.57. The van der Waals surface area contributed by atoms with Crippen LogP contribution >= 0.6 is 0 Å². The van der Waals surface area contributed by atoms with Crippen LogP contribution in [0.2, 0.25) is 0 Å². The highest BCUT2D eigenvalue weighted by Crippen LogP contribution is 2.09. The summed E-state index contributed by atoms with van der Waals surface area (Å²) in [4.78, 5) is 19.6. The fourth-order valence-corrected chi connectivity index (χ4v) is 1.22. The van der Waals surface area contributed by atoms with E-state index in [1.54, 1.807) is 32.3 Å². The van der Waals surface area contributed by atoms with Gasteiger partial charge in [0, 0.05) is 18.9 Å². The lowest BCUT2D eigenvalue weighted by Gasteiger charge is -2.02. The van der Waals surface area contributed by atoms with Gasteiger partial charge in [-0.2, -0.15) is 4.98 Å². The van der Waals surface area contributed by atoms with E-state index in [-0.39, 0.29) is 11.7 Å². The number of amides is 1. The van der Waals surface area contributed by atoms with Crippen LogP contribution in [0.1, 0.15) is 16.3 Å². The van der Waals surface area contributed by atoms with Gasteiger partial charge >= 0.3 is 6.01 Å². The summed E-state index contributed by atoms with van der Waals surface area (Å²) in [6.07, 6.45) is 1.54.